The summed E-state index contributed by atoms with van der Waals surface area (Å²) in [6.07, 6.45) is 4.07. The number of ether oxygens (including phenoxy) is 1. The molecule has 0 aliphatic heterocycles. The van der Waals surface area contributed by atoms with Crippen LogP contribution < -0.4 is 10.1 Å². The third-order valence-electron chi connectivity index (χ3n) is 5.34. The Kier molecular flexibility index (Phi) is 7.69. The molecule has 2 amide bonds. The van der Waals surface area contributed by atoms with Gasteiger partial charge in [0.05, 0.1) is 0 Å². The minimum Gasteiger partial charge on any atom is -0.484 e. The first kappa shape index (κ1) is 22.1. The van der Waals surface area contributed by atoms with Crippen LogP contribution in [-0.2, 0) is 16.1 Å². The summed E-state index contributed by atoms with van der Waals surface area (Å²) in [5, 5.41) is 3.57. The largest absolute Gasteiger partial charge is 0.484 e. The van der Waals surface area contributed by atoms with Crippen molar-refractivity contribution >= 4 is 23.4 Å². The van der Waals surface area contributed by atoms with E-state index in [1.54, 1.807) is 49.4 Å². The molecule has 2 aromatic carbocycles. The highest BCUT2D eigenvalue weighted by Gasteiger charge is 2.29. The summed E-state index contributed by atoms with van der Waals surface area (Å²) in [7, 11) is 0. The van der Waals surface area contributed by atoms with Gasteiger partial charge in [0.25, 0.3) is 5.91 Å². The van der Waals surface area contributed by atoms with Gasteiger partial charge in [-0.2, -0.15) is 0 Å². The van der Waals surface area contributed by atoms with Gasteiger partial charge in [-0.25, -0.2) is 4.39 Å². The number of benzene rings is 2. The Balaban J connectivity index is 1.71. The zero-order chi connectivity index (χ0) is 21.5. The van der Waals surface area contributed by atoms with Crippen molar-refractivity contribution < 1.29 is 18.7 Å². The molecule has 2 aromatic rings. The van der Waals surface area contributed by atoms with Gasteiger partial charge in [-0.05, 0) is 50.1 Å². The number of amides is 2. The molecule has 1 aliphatic rings. The van der Waals surface area contributed by atoms with E-state index in [2.05, 4.69) is 5.32 Å². The number of halogens is 2. The summed E-state index contributed by atoms with van der Waals surface area (Å²) < 4.78 is 19.8. The second kappa shape index (κ2) is 10.4. The Bertz CT molecular complexity index is 869. The molecule has 0 aromatic heterocycles. The summed E-state index contributed by atoms with van der Waals surface area (Å²) in [6, 6.07) is 12.3. The topological polar surface area (TPSA) is 58.6 Å². The highest BCUT2D eigenvalue weighted by atomic mass is 35.5. The number of carbonyl (C=O) groups excluding carboxylic acids is 2. The minimum atomic E-state index is -0.758. The maximum atomic E-state index is 14.2. The lowest BCUT2D eigenvalue weighted by Crippen LogP contribution is -2.50. The van der Waals surface area contributed by atoms with Crippen LogP contribution in [0.3, 0.4) is 0 Å². The molecular weight excluding hydrogens is 407 g/mol. The number of nitrogens with one attached hydrogen (secondary N) is 1. The van der Waals surface area contributed by atoms with E-state index in [9.17, 15) is 14.0 Å². The van der Waals surface area contributed by atoms with E-state index in [4.69, 9.17) is 16.3 Å². The molecule has 0 radical (unpaired) electrons. The fourth-order valence-electron chi connectivity index (χ4n) is 3.54. The molecule has 5 nitrogen and oxygen atoms in total. The monoisotopic (exact) mass is 432 g/mol. The smallest absolute Gasteiger partial charge is 0.261 e. The van der Waals surface area contributed by atoms with Crippen molar-refractivity contribution in [3.8, 4) is 5.75 Å². The maximum Gasteiger partial charge on any atom is 0.261 e. The molecule has 0 spiro atoms. The molecule has 0 heterocycles. The Labute approximate surface area is 181 Å². The van der Waals surface area contributed by atoms with E-state index in [0.29, 0.717) is 16.3 Å². The number of hydrogen-bond acceptors (Lipinski definition) is 3. The van der Waals surface area contributed by atoms with Crippen molar-refractivity contribution in [1.82, 2.24) is 10.2 Å². The van der Waals surface area contributed by atoms with Crippen LogP contribution in [0.15, 0.2) is 48.5 Å². The molecule has 7 heteroatoms. The van der Waals surface area contributed by atoms with E-state index in [1.807, 2.05) is 0 Å². The second-order valence-corrected chi connectivity index (χ2v) is 7.96. The lowest BCUT2D eigenvalue weighted by Gasteiger charge is -2.29. The molecule has 1 saturated carbocycles. The number of carbonyl (C=O) groups is 2. The van der Waals surface area contributed by atoms with Crippen LogP contribution in [0.2, 0.25) is 5.02 Å². The van der Waals surface area contributed by atoms with E-state index < -0.39 is 17.8 Å². The van der Waals surface area contributed by atoms with Crippen molar-refractivity contribution in [3.63, 3.8) is 0 Å². The van der Waals surface area contributed by atoms with Crippen molar-refractivity contribution in [2.75, 3.05) is 6.61 Å². The van der Waals surface area contributed by atoms with Crippen LogP contribution in [-0.4, -0.2) is 35.4 Å². The Morgan fingerprint density at radius 1 is 1.17 bits per heavy atom. The van der Waals surface area contributed by atoms with Crippen LogP contribution in [0.4, 0.5) is 4.39 Å². The standard InChI is InChI=1S/C23H26ClFN2O3/c1-16(23(29)26-19-7-3-4-8-19)27(14-17-6-2-5-9-21(17)25)22(28)15-30-20-12-10-18(24)11-13-20/h2,5-6,9-13,16,19H,3-4,7-8,14-15H2,1H3,(H,26,29). The molecule has 1 fully saturated rings. The third-order valence-corrected chi connectivity index (χ3v) is 5.60. The predicted octanol–water partition coefficient (Wildman–Crippen LogP) is 4.33. The highest BCUT2D eigenvalue weighted by Crippen LogP contribution is 2.19. The van der Waals surface area contributed by atoms with Crippen LogP contribution in [0.5, 0.6) is 5.75 Å². The Hall–Kier alpha value is -2.60. The zero-order valence-corrected chi connectivity index (χ0v) is 17.7. The number of hydrogen-bond donors (Lipinski definition) is 1. The van der Waals surface area contributed by atoms with Gasteiger partial charge < -0.3 is 15.0 Å². The molecular formula is C23H26ClFN2O3. The quantitative estimate of drug-likeness (QED) is 0.675. The molecule has 1 N–H and O–H groups in total. The minimum absolute atomic E-state index is 0.0191. The maximum absolute atomic E-state index is 14.2. The van der Waals surface area contributed by atoms with Crippen LogP contribution in [0.1, 0.15) is 38.2 Å². The summed E-state index contributed by atoms with van der Waals surface area (Å²) in [5.41, 5.74) is 0.345. The van der Waals surface area contributed by atoms with Gasteiger partial charge in [0.2, 0.25) is 5.91 Å². The molecule has 1 aliphatic carbocycles. The molecule has 1 atom stereocenters. The predicted molar refractivity (Wildman–Crippen MR) is 114 cm³/mol. The summed E-state index contributed by atoms with van der Waals surface area (Å²) in [4.78, 5) is 27.1. The summed E-state index contributed by atoms with van der Waals surface area (Å²) in [5.74, 6) is -0.570. The van der Waals surface area contributed by atoms with Crippen molar-refractivity contribution in [2.45, 2.75) is 51.2 Å². The van der Waals surface area contributed by atoms with Gasteiger partial charge >= 0.3 is 0 Å². The van der Waals surface area contributed by atoms with Crippen molar-refractivity contribution in [2.24, 2.45) is 0 Å². The average molecular weight is 433 g/mol. The third kappa shape index (κ3) is 5.95. The molecule has 3 rings (SSSR count). The fraction of sp³-hybridized carbons (Fsp3) is 0.391. The molecule has 0 saturated heterocycles. The summed E-state index contributed by atoms with van der Waals surface area (Å²) in [6.45, 7) is 1.37. The van der Waals surface area contributed by atoms with Gasteiger partial charge in [-0.3, -0.25) is 9.59 Å². The zero-order valence-electron chi connectivity index (χ0n) is 16.9. The first-order valence-corrected chi connectivity index (χ1v) is 10.5. The Morgan fingerprint density at radius 3 is 2.50 bits per heavy atom. The summed E-state index contributed by atoms with van der Waals surface area (Å²) >= 11 is 5.87. The number of rotatable bonds is 8. The van der Waals surface area contributed by atoms with E-state index in [1.165, 1.54) is 11.0 Å². The number of nitrogens with zero attached hydrogens (tertiary/aromatic N) is 1. The van der Waals surface area contributed by atoms with Crippen molar-refractivity contribution in [1.29, 1.82) is 0 Å². The molecule has 1 unspecified atom stereocenters. The molecule has 160 valence electrons. The van der Waals surface area contributed by atoms with E-state index in [0.717, 1.165) is 25.7 Å². The average Bonchev–Trinajstić information content (AvgIpc) is 3.25. The van der Waals surface area contributed by atoms with E-state index in [-0.39, 0.29) is 25.1 Å². The molecule has 30 heavy (non-hydrogen) atoms. The van der Waals surface area contributed by atoms with Crippen LogP contribution in [0.25, 0.3) is 0 Å². The lowest BCUT2D eigenvalue weighted by molar-refractivity contribution is -0.142. The second-order valence-electron chi connectivity index (χ2n) is 7.52. The SMILES string of the molecule is CC(C(=O)NC1CCCC1)N(Cc1ccccc1F)C(=O)COc1ccc(Cl)cc1. The first-order valence-electron chi connectivity index (χ1n) is 10.2. The van der Waals surface area contributed by atoms with Gasteiger partial charge in [-0.15, -0.1) is 0 Å². The van der Waals surface area contributed by atoms with Crippen LogP contribution >= 0.6 is 11.6 Å². The normalized spacial score (nSPS) is 14.9. The molecule has 0 bridgehead atoms. The van der Waals surface area contributed by atoms with Crippen LogP contribution in [0, 0.1) is 5.82 Å². The Morgan fingerprint density at radius 2 is 1.83 bits per heavy atom. The van der Waals surface area contributed by atoms with Gasteiger partial charge in [0.15, 0.2) is 6.61 Å². The van der Waals surface area contributed by atoms with Gasteiger partial charge in [-0.1, -0.05) is 42.6 Å². The lowest BCUT2D eigenvalue weighted by atomic mass is 10.1. The van der Waals surface area contributed by atoms with Crippen molar-refractivity contribution in [3.05, 3.63) is 64.9 Å². The highest BCUT2D eigenvalue weighted by molar-refractivity contribution is 6.30. The first-order chi connectivity index (χ1) is 14.4. The van der Waals surface area contributed by atoms with Gasteiger partial charge in [0, 0.05) is 23.2 Å². The van der Waals surface area contributed by atoms with E-state index >= 15 is 0 Å². The van der Waals surface area contributed by atoms with Gasteiger partial charge in [0.1, 0.15) is 17.6 Å². The fourth-order valence-corrected chi connectivity index (χ4v) is 3.67.